The van der Waals surface area contributed by atoms with Crippen LogP contribution in [0.25, 0.3) is 0 Å². The number of carbonyl (C=O) groups is 2. The molecule has 120 valence electrons. The third-order valence-corrected chi connectivity index (χ3v) is 4.56. The first-order valence-electron chi connectivity index (χ1n) is 7.69. The maximum atomic E-state index is 12.4. The molecule has 1 aliphatic heterocycles. The van der Waals surface area contributed by atoms with Crippen molar-refractivity contribution in [1.29, 1.82) is 0 Å². The van der Waals surface area contributed by atoms with E-state index in [-0.39, 0.29) is 11.9 Å². The number of rotatable bonds is 6. The summed E-state index contributed by atoms with van der Waals surface area (Å²) in [6.45, 7) is 2.91. The molecule has 22 heavy (non-hydrogen) atoms. The lowest BCUT2D eigenvalue weighted by Gasteiger charge is -2.17. The van der Waals surface area contributed by atoms with Crippen molar-refractivity contribution in [2.75, 3.05) is 18.6 Å². The number of ether oxygens (including phenoxy) is 1. The zero-order chi connectivity index (χ0) is 16.1. The molecule has 0 saturated heterocycles. The number of methoxy groups -OCH3 is 1. The van der Waals surface area contributed by atoms with E-state index in [4.69, 9.17) is 0 Å². The van der Waals surface area contributed by atoms with Gasteiger partial charge < -0.3 is 9.64 Å². The fourth-order valence-corrected chi connectivity index (χ4v) is 3.18. The van der Waals surface area contributed by atoms with Crippen molar-refractivity contribution in [2.45, 2.75) is 44.9 Å². The van der Waals surface area contributed by atoms with Crippen LogP contribution in [0.15, 0.2) is 22.7 Å². The van der Waals surface area contributed by atoms with E-state index in [0.717, 1.165) is 36.0 Å². The Bertz CT molecular complexity index is 559. The van der Waals surface area contributed by atoms with Crippen LogP contribution in [0, 0.1) is 0 Å². The number of hydrogen-bond donors (Lipinski definition) is 0. The molecule has 0 N–H and O–H groups in total. The zero-order valence-corrected chi connectivity index (χ0v) is 14.7. The maximum Gasteiger partial charge on any atom is 0.305 e. The van der Waals surface area contributed by atoms with Crippen molar-refractivity contribution in [3.63, 3.8) is 0 Å². The number of carbonyl (C=O) groups excluding carboxylic acids is 2. The minimum atomic E-state index is -0.182. The Kier molecular flexibility index (Phi) is 6.00. The summed E-state index contributed by atoms with van der Waals surface area (Å²) in [6.07, 6.45) is 3.42. The number of benzene rings is 1. The number of anilines is 1. The molecule has 0 fully saturated rings. The summed E-state index contributed by atoms with van der Waals surface area (Å²) in [5, 5.41) is 0. The number of nitrogens with zero attached hydrogens (tertiary/aromatic N) is 1. The summed E-state index contributed by atoms with van der Waals surface area (Å²) in [6, 6.07) is 6.14. The summed E-state index contributed by atoms with van der Waals surface area (Å²) in [5.41, 5.74) is 2.27. The van der Waals surface area contributed by atoms with Gasteiger partial charge in [0.25, 0.3) is 0 Å². The Morgan fingerprint density at radius 3 is 2.73 bits per heavy atom. The predicted molar refractivity (Wildman–Crippen MR) is 90.0 cm³/mol. The standard InChI is InChI=1S/C17H22BrNO3/c1-12-11-19(15-10-13(18)8-9-14(12)15)16(20)6-4-3-5-7-17(21)22-2/h8-10,12H,3-7,11H2,1-2H3. The highest BCUT2D eigenvalue weighted by Crippen LogP contribution is 2.38. The quantitative estimate of drug-likeness (QED) is 0.563. The van der Waals surface area contributed by atoms with Crippen LogP contribution in [0.4, 0.5) is 5.69 Å². The lowest BCUT2D eigenvalue weighted by molar-refractivity contribution is -0.140. The van der Waals surface area contributed by atoms with Crippen LogP contribution in [0.1, 0.15) is 50.5 Å². The smallest absolute Gasteiger partial charge is 0.305 e. The van der Waals surface area contributed by atoms with Crippen LogP contribution in [0.3, 0.4) is 0 Å². The van der Waals surface area contributed by atoms with Gasteiger partial charge in [0.2, 0.25) is 5.91 Å². The van der Waals surface area contributed by atoms with Crippen molar-refractivity contribution in [2.24, 2.45) is 0 Å². The second kappa shape index (κ2) is 7.77. The van der Waals surface area contributed by atoms with Crippen LogP contribution < -0.4 is 4.90 Å². The van der Waals surface area contributed by atoms with Crippen LogP contribution >= 0.6 is 15.9 Å². The summed E-state index contributed by atoms with van der Waals surface area (Å²) >= 11 is 3.47. The predicted octanol–water partition coefficient (Wildman–Crippen LogP) is 4.02. The van der Waals surface area contributed by atoms with Gasteiger partial charge in [-0.2, -0.15) is 0 Å². The molecule has 1 aromatic rings. The lowest BCUT2D eigenvalue weighted by Crippen LogP contribution is -2.29. The highest BCUT2D eigenvalue weighted by atomic mass is 79.9. The zero-order valence-electron chi connectivity index (χ0n) is 13.1. The molecule has 5 heteroatoms. The first kappa shape index (κ1) is 17.0. The number of unbranched alkanes of at least 4 members (excludes halogenated alkanes) is 2. The molecule has 4 nitrogen and oxygen atoms in total. The Balaban J connectivity index is 1.84. The summed E-state index contributed by atoms with van der Waals surface area (Å²) in [7, 11) is 1.40. The van der Waals surface area contributed by atoms with E-state index in [0.29, 0.717) is 18.8 Å². The largest absolute Gasteiger partial charge is 0.469 e. The topological polar surface area (TPSA) is 46.6 Å². The first-order valence-corrected chi connectivity index (χ1v) is 8.49. The summed E-state index contributed by atoms with van der Waals surface area (Å²) in [4.78, 5) is 25.4. The van der Waals surface area contributed by atoms with Crippen LogP contribution in [-0.2, 0) is 14.3 Å². The fourth-order valence-electron chi connectivity index (χ4n) is 2.83. The molecule has 1 aromatic carbocycles. The van der Waals surface area contributed by atoms with E-state index in [2.05, 4.69) is 33.7 Å². The molecule has 0 saturated carbocycles. The molecular formula is C17H22BrNO3. The normalized spacial score (nSPS) is 16.5. The minimum Gasteiger partial charge on any atom is -0.469 e. The fraction of sp³-hybridized carbons (Fsp3) is 0.529. The third kappa shape index (κ3) is 4.09. The molecule has 0 aliphatic carbocycles. The Hall–Kier alpha value is -1.36. The third-order valence-electron chi connectivity index (χ3n) is 4.07. The molecular weight excluding hydrogens is 346 g/mol. The molecule has 0 aromatic heterocycles. The van der Waals surface area contributed by atoms with Crippen LogP contribution in [0.5, 0.6) is 0 Å². The molecule has 1 atom stereocenters. The molecule has 1 heterocycles. The summed E-state index contributed by atoms with van der Waals surface area (Å²) < 4.78 is 5.60. The number of esters is 1. The van der Waals surface area contributed by atoms with Crippen molar-refractivity contribution < 1.29 is 14.3 Å². The molecule has 0 radical (unpaired) electrons. The molecule has 1 unspecified atom stereocenters. The van der Waals surface area contributed by atoms with Crippen molar-refractivity contribution in [3.8, 4) is 0 Å². The van der Waals surface area contributed by atoms with Gasteiger partial charge in [-0.3, -0.25) is 9.59 Å². The average molecular weight is 368 g/mol. The molecule has 0 bridgehead atoms. The molecule has 0 spiro atoms. The molecule has 1 aliphatic rings. The maximum absolute atomic E-state index is 12.4. The van der Waals surface area contributed by atoms with Crippen LogP contribution in [-0.4, -0.2) is 25.5 Å². The van der Waals surface area contributed by atoms with Gasteiger partial charge in [-0.1, -0.05) is 35.3 Å². The number of fused-ring (bicyclic) bond motifs is 1. The average Bonchev–Trinajstić information content (AvgIpc) is 2.82. The Labute approximate surface area is 140 Å². The van der Waals surface area contributed by atoms with Crippen molar-refractivity contribution in [3.05, 3.63) is 28.2 Å². The van der Waals surface area contributed by atoms with Gasteiger partial charge in [-0.15, -0.1) is 0 Å². The minimum absolute atomic E-state index is 0.168. The first-order chi connectivity index (χ1) is 10.5. The van der Waals surface area contributed by atoms with Gasteiger partial charge in [-0.25, -0.2) is 0 Å². The summed E-state index contributed by atoms with van der Waals surface area (Å²) in [5.74, 6) is 0.367. The van der Waals surface area contributed by atoms with Crippen LogP contribution in [0.2, 0.25) is 0 Å². The van der Waals surface area contributed by atoms with Gasteiger partial charge in [0.15, 0.2) is 0 Å². The van der Waals surface area contributed by atoms with E-state index >= 15 is 0 Å². The van der Waals surface area contributed by atoms with E-state index in [9.17, 15) is 9.59 Å². The van der Waals surface area contributed by atoms with E-state index in [1.54, 1.807) is 0 Å². The second-order valence-electron chi connectivity index (χ2n) is 5.75. The van der Waals surface area contributed by atoms with E-state index in [1.807, 2.05) is 17.0 Å². The van der Waals surface area contributed by atoms with Crippen molar-refractivity contribution in [1.82, 2.24) is 0 Å². The van der Waals surface area contributed by atoms with Gasteiger partial charge >= 0.3 is 5.97 Å². The SMILES string of the molecule is COC(=O)CCCCCC(=O)N1CC(C)c2ccc(Br)cc21. The monoisotopic (exact) mass is 367 g/mol. The molecule has 2 rings (SSSR count). The van der Waals surface area contributed by atoms with Gasteiger partial charge in [0, 0.05) is 35.5 Å². The Morgan fingerprint density at radius 2 is 2.00 bits per heavy atom. The van der Waals surface area contributed by atoms with E-state index in [1.165, 1.54) is 12.7 Å². The Morgan fingerprint density at radius 1 is 1.27 bits per heavy atom. The lowest BCUT2D eigenvalue weighted by atomic mass is 10.0. The number of halogens is 1. The van der Waals surface area contributed by atoms with Gasteiger partial charge in [0.1, 0.15) is 0 Å². The van der Waals surface area contributed by atoms with Crippen molar-refractivity contribution >= 4 is 33.5 Å². The van der Waals surface area contributed by atoms with Gasteiger partial charge in [0.05, 0.1) is 7.11 Å². The number of amides is 1. The van der Waals surface area contributed by atoms with Gasteiger partial charge in [-0.05, 0) is 30.5 Å². The second-order valence-corrected chi connectivity index (χ2v) is 6.66. The highest BCUT2D eigenvalue weighted by Gasteiger charge is 2.29. The highest BCUT2D eigenvalue weighted by molar-refractivity contribution is 9.10. The number of hydrogen-bond acceptors (Lipinski definition) is 3. The van der Waals surface area contributed by atoms with E-state index < -0.39 is 0 Å². The molecule has 1 amide bonds.